The van der Waals surface area contributed by atoms with Gasteiger partial charge in [0.1, 0.15) is 5.82 Å². The van der Waals surface area contributed by atoms with Crippen molar-refractivity contribution < 1.29 is 0 Å². The molecule has 78 valence electrons. The first kappa shape index (κ1) is 9.60. The van der Waals surface area contributed by atoms with Gasteiger partial charge in [0.15, 0.2) is 0 Å². The van der Waals surface area contributed by atoms with E-state index < -0.39 is 0 Å². The maximum Gasteiger partial charge on any atom is 0.126 e. The molecular formula is C9H12N6. The van der Waals surface area contributed by atoms with Gasteiger partial charge in [-0.2, -0.15) is 15.4 Å². The second-order valence-electron chi connectivity index (χ2n) is 3.25. The van der Waals surface area contributed by atoms with E-state index in [0.717, 1.165) is 11.3 Å². The van der Waals surface area contributed by atoms with Gasteiger partial charge in [0, 0.05) is 6.20 Å². The van der Waals surface area contributed by atoms with Crippen LogP contribution in [0.3, 0.4) is 0 Å². The normalized spacial score (nSPS) is 12.6. The minimum Gasteiger partial charge on any atom is -0.383 e. The zero-order chi connectivity index (χ0) is 10.7. The van der Waals surface area contributed by atoms with Gasteiger partial charge < -0.3 is 11.5 Å². The number of aromatic amines is 1. The monoisotopic (exact) mass is 204 g/mol. The topological polar surface area (TPSA) is 106 Å². The van der Waals surface area contributed by atoms with E-state index in [1.165, 1.54) is 0 Å². The van der Waals surface area contributed by atoms with E-state index in [0.29, 0.717) is 12.2 Å². The highest BCUT2D eigenvalue weighted by Crippen LogP contribution is 2.16. The van der Waals surface area contributed by atoms with Crippen LogP contribution in [0.4, 0.5) is 5.82 Å². The highest BCUT2D eigenvalue weighted by atomic mass is 15.3. The number of hydrogen-bond donors (Lipinski definition) is 3. The fourth-order valence-electron chi connectivity index (χ4n) is 1.35. The lowest BCUT2D eigenvalue weighted by atomic mass is 10.1. The minimum atomic E-state index is -0.213. The summed E-state index contributed by atoms with van der Waals surface area (Å²) in [4.78, 5) is 3.99. The molecule has 0 bridgehead atoms. The van der Waals surface area contributed by atoms with Crippen molar-refractivity contribution >= 4 is 5.82 Å². The lowest BCUT2D eigenvalue weighted by molar-refractivity contribution is 0.691. The van der Waals surface area contributed by atoms with Crippen LogP contribution in [0.25, 0.3) is 0 Å². The number of anilines is 1. The summed E-state index contributed by atoms with van der Waals surface area (Å²) in [5, 5.41) is 10.1. The molecule has 0 fully saturated rings. The Morgan fingerprint density at radius 2 is 2.33 bits per heavy atom. The number of H-pyrrole nitrogens is 1. The molecule has 0 aliphatic rings. The molecule has 0 radical (unpaired) electrons. The summed E-state index contributed by atoms with van der Waals surface area (Å²) in [6, 6.07) is 3.53. The molecule has 5 N–H and O–H groups in total. The molecule has 1 unspecified atom stereocenters. The van der Waals surface area contributed by atoms with Gasteiger partial charge in [-0.05, 0) is 18.1 Å². The molecule has 0 saturated carbocycles. The Morgan fingerprint density at radius 1 is 1.47 bits per heavy atom. The molecule has 6 nitrogen and oxygen atoms in total. The van der Waals surface area contributed by atoms with Crippen LogP contribution in [0.2, 0.25) is 0 Å². The summed E-state index contributed by atoms with van der Waals surface area (Å²) < 4.78 is 0. The van der Waals surface area contributed by atoms with Crippen LogP contribution in [-0.4, -0.2) is 20.4 Å². The molecule has 2 heterocycles. The smallest absolute Gasteiger partial charge is 0.126 e. The number of pyridine rings is 1. The molecule has 1 atom stereocenters. The average Bonchev–Trinajstić information content (AvgIpc) is 2.74. The third-order valence-electron chi connectivity index (χ3n) is 2.18. The Labute approximate surface area is 86.7 Å². The minimum absolute atomic E-state index is 0.213. The second-order valence-corrected chi connectivity index (χ2v) is 3.25. The SMILES string of the molecule is Nc1ncccc1CC(N)c1cn[nH]n1. The molecule has 0 saturated heterocycles. The molecule has 6 heteroatoms. The molecule has 0 aliphatic carbocycles. The van der Waals surface area contributed by atoms with Crippen molar-refractivity contribution in [3.8, 4) is 0 Å². The Morgan fingerprint density at radius 3 is 3.00 bits per heavy atom. The van der Waals surface area contributed by atoms with Gasteiger partial charge >= 0.3 is 0 Å². The molecule has 2 rings (SSSR count). The Bertz CT molecular complexity index is 424. The number of hydrogen-bond acceptors (Lipinski definition) is 5. The van der Waals surface area contributed by atoms with Crippen molar-refractivity contribution in [1.29, 1.82) is 0 Å². The van der Waals surface area contributed by atoms with E-state index >= 15 is 0 Å². The van der Waals surface area contributed by atoms with Crippen molar-refractivity contribution in [2.45, 2.75) is 12.5 Å². The number of aromatic nitrogens is 4. The molecule has 0 aromatic carbocycles. The summed E-state index contributed by atoms with van der Waals surface area (Å²) in [5.41, 5.74) is 13.3. The summed E-state index contributed by atoms with van der Waals surface area (Å²) in [7, 11) is 0. The van der Waals surface area contributed by atoms with Gasteiger partial charge in [0.25, 0.3) is 0 Å². The number of rotatable bonds is 3. The first-order chi connectivity index (χ1) is 7.27. The third-order valence-corrected chi connectivity index (χ3v) is 2.18. The van der Waals surface area contributed by atoms with Crippen LogP contribution < -0.4 is 11.5 Å². The van der Waals surface area contributed by atoms with Gasteiger partial charge in [-0.25, -0.2) is 4.98 Å². The number of nitrogens with one attached hydrogen (secondary N) is 1. The van der Waals surface area contributed by atoms with Crippen molar-refractivity contribution in [3.63, 3.8) is 0 Å². The van der Waals surface area contributed by atoms with E-state index in [9.17, 15) is 0 Å². The van der Waals surface area contributed by atoms with Crippen LogP contribution in [0.5, 0.6) is 0 Å². The number of nitrogens with zero attached hydrogens (tertiary/aromatic N) is 3. The van der Waals surface area contributed by atoms with Gasteiger partial charge in [0.2, 0.25) is 0 Å². The summed E-state index contributed by atoms with van der Waals surface area (Å²) in [6.45, 7) is 0. The van der Waals surface area contributed by atoms with Gasteiger partial charge in [-0.1, -0.05) is 6.07 Å². The lowest BCUT2D eigenvalue weighted by Gasteiger charge is -2.09. The maximum absolute atomic E-state index is 5.93. The third kappa shape index (κ3) is 2.10. The van der Waals surface area contributed by atoms with Gasteiger partial charge in [0.05, 0.1) is 17.9 Å². The zero-order valence-electron chi connectivity index (χ0n) is 8.09. The molecule has 2 aromatic heterocycles. The van der Waals surface area contributed by atoms with Gasteiger partial charge in [-0.15, -0.1) is 0 Å². The molecule has 0 amide bonds. The summed E-state index contributed by atoms with van der Waals surface area (Å²) in [5.74, 6) is 0.511. The Hall–Kier alpha value is -1.95. The highest BCUT2D eigenvalue weighted by molar-refractivity contribution is 5.39. The van der Waals surface area contributed by atoms with E-state index in [-0.39, 0.29) is 6.04 Å². The van der Waals surface area contributed by atoms with Crippen LogP contribution in [0.15, 0.2) is 24.5 Å². The summed E-state index contributed by atoms with van der Waals surface area (Å²) >= 11 is 0. The molecule has 2 aromatic rings. The molecule has 15 heavy (non-hydrogen) atoms. The maximum atomic E-state index is 5.93. The molecule has 0 aliphatic heterocycles. The molecular weight excluding hydrogens is 192 g/mol. The van der Waals surface area contributed by atoms with E-state index in [2.05, 4.69) is 20.4 Å². The zero-order valence-corrected chi connectivity index (χ0v) is 8.09. The fourth-order valence-corrected chi connectivity index (χ4v) is 1.35. The number of nitrogens with two attached hydrogens (primary N) is 2. The fraction of sp³-hybridized carbons (Fsp3) is 0.222. The summed E-state index contributed by atoms with van der Waals surface area (Å²) in [6.07, 6.45) is 3.86. The van der Waals surface area contributed by atoms with Crippen LogP contribution in [0, 0.1) is 0 Å². The van der Waals surface area contributed by atoms with Crippen molar-refractivity contribution in [2.75, 3.05) is 5.73 Å². The first-order valence-electron chi connectivity index (χ1n) is 4.58. The first-order valence-corrected chi connectivity index (χ1v) is 4.58. The quantitative estimate of drug-likeness (QED) is 0.653. The lowest BCUT2D eigenvalue weighted by Crippen LogP contribution is -2.15. The highest BCUT2D eigenvalue weighted by Gasteiger charge is 2.11. The second kappa shape index (κ2) is 4.05. The predicted octanol–water partition coefficient (Wildman–Crippen LogP) is 0.0244. The number of nitrogen functional groups attached to an aromatic ring is 1. The van der Waals surface area contributed by atoms with Crippen molar-refractivity contribution in [1.82, 2.24) is 20.4 Å². The van der Waals surface area contributed by atoms with Gasteiger partial charge in [-0.3, -0.25) is 0 Å². The van der Waals surface area contributed by atoms with Crippen LogP contribution >= 0.6 is 0 Å². The Kier molecular flexibility index (Phi) is 2.59. The van der Waals surface area contributed by atoms with E-state index in [1.54, 1.807) is 12.4 Å². The standard InChI is InChI=1S/C9H12N6/c10-7(8-5-13-15-14-8)4-6-2-1-3-12-9(6)11/h1-3,5,7H,4,10H2,(H2,11,12)(H,13,14,15). The predicted molar refractivity (Wildman–Crippen MR) is 55.7 cm³/mol. The van der Waals surface area contributed by atoms with Crippen LogP contribution in [0.1, 0.15) is 17.3 Å². The van der Waals surface area contributed by atoms with E-state index in [1.807, 2.05) is 12.1 Å². The van der Waals surface area contributed by atoms with Crippen molar-refractivity contribution in [3.05, 3.63) is 35.8 Å². The average molecular weight is 204 g/mol. The largest absolute Gasteiger partial charge is 0.383 e. The Balaban J connectivity index is 2.13. The van der Waals surface area contributed by atoms with Crippen LogP contribution in [-0.2, 0) is 6.42 Å². The molecule has 0 spiro atoms. The van der Waals surface area contributed by atoms with Crippen molar-refractivity contribution in [2.24, 2.45) is 5.73 Å². The van der Waals surface area contributed by atoms with E-state index in [4.69, 9.17) is 11.5 Å².